The molecule has 2 aromatic heterocycles. The Kier molecular flexibility index (Phi) is 9.51. The Morgan fingerprint density at radius 3 is 2.53 bits per heavy atom. The fraction of sp³-hybridized carbons (Fsp3) is 0.480. The molecule has 2 aliphatic heterocycles. The largest absolute Gasteiger partial charge is 0.381 e. The second kappa shape index (κ2) is 12.6. The van der Waals surface area contributed by atoms with Crippen molar-refractivity contribution in [1.29, 1.82) is 0 Å². The number of amides is 1. The van der Waals surface area contributed by atoms with Crippen molar-refractivity contribution in [3.63, 3.8) is 0 Å². The van der Waals surface area contributed by atoms with Gasteiger partial charge in [0.05, 0.1) is 12.2 Å². The van der Waals surface area contributed by atoms with Crippen LogP contribution in [0.4, 0.5) is 24.7 Å². The fourth-order valence-corrected chi connectivity index (χ4v) is 3.98. The highest BCUT2D eigenvalue weighted by Gasteiger charge is 2.24. The number of aromatic nitrogens is 4. The predicted octanol–water partition coefficient (Wildman–Crippen LogP) is 5.36. The molecule has 2 N–H and O–H groups in total. The van der Waals surface area contributed by atoms with Crippen LogP contribution < -0.4 is 5.32 Å². The summed E-state index contributed by atoms with van der Waals surface area (Å²) >= 11 is 0. The summed E-state index contributed by atoms with van der Waals surface area (Å²) < 4.78 is 47.3. The first-order chi connectivity index (χ1) is 17.3. The minimum atomic E-state index is -2.76. The average molecular weight is 507 g/mol. The van der Waals surface area contributed by atoms with Crippen LogP contribution in [-0.2, 0) is 29.5 Å². The molecular weight excluding hydrogens is 473 g/mol. The van der Waals surface area contributed by atoms with Gasteiger partial charge in [0.15, 0.2) is 5.82 Å². The van der Waals surface area contributed by atoms with Gasteiger partial charge in [0.25, 0.3) is 6.43 Å². The average Bonchev–Trinajstić information content (AvgIpc) is 3.64. The molecule has 0 atom stereocenters. The Bertz CT molecular complexity index is 1150. The molecule has 0 bridgehead atoms. The molecule has 196 valence electrons. The van der Waals surface area contributed by atoms with Crippen molar-refractivity contribution in [2.75, 3.05) is 25.1 Å². The first-order valence-electron chi connectivity index (χ1n) is 12.1. The molecular formula is C25H33F3N6O2. The number of alkyl halides is 2. The Morgan fingerprint density at radius 2 is 1.94 bits per heavy atom. The van der Waals surface area contributed by atoms with Crippen LogP contribution >= 0.6 is 0 Å². The van der Waals surface area contributed by atoms with E-state index in [0.717, 1.165) is 24.5 Å². The van der Waals surface area contributed by atoms with E-state index in [1.54, 1.807) is 11.0 Å². The molecule has 0 aliphatic carbocycles. The number of hydrogen-bond donors (Lipinski definition) is 2. The lowest BCUT2D eigenvalue weighted by Crippen LogP contribution is -2.34. The standard InChI is InChI=1S/C19H19F3N6O.C4H8O.C2H6/c1-10(29)28-6-5-15-13(9-28)19(25-24-15)23-16-4-3-11(7-14(16)20)12-8-27(2)26-17(12)18(21)22;1-2-4-5-3-1;1-2/h3-4,7-8,18H,5-6,9H2,1-2H3,(H2,23,24,25);1-4H2;1-2H3. The first kappa shape index (κ1) is 27.3. The molecule has 1 amide bonds. The Morgan fingerprint density at radius 1 is 1.22 bits per heavy atom. The Hall–Kier alpha value is -3.34. The molecule has 0 saturated carbocycles. The van der Waals surface area contributed by atoms with E-state index in [0.29, 0.717) is 30.9 Å². The van der Waals surface area contributed by atoms with Gasteiger partial charge in [-0.25, -0.2) is 13.2 Å². The van der Waals surface area contributed by atoms with E-state index in [9.17, 15) is 18.0 Å². The van der Waals surface area contributed by atoms with Crippen LogP contribution in [0.5, 0.6) is 0 Å². The van der Waals surface area contributed by atoms with Gasteiger partial charge in [-0.2, -0.15) is 10.2 Å². The number of ether oxygens (including phenoxy) is 1. The highest BCUT2D eigenvalue weighted by atomic mass is 19.3. The molecule has 4 heterocycles. The molecule has 0 unspecified atom stereocenters. The van der Waals surface area contributed by atoms with E-state index in [4.69, 9.17) is 4.74 Å². The van der Waals surface area contributed by atoms with Gasteiger partial charge in [-0.15, -0.1) is 0 Å². The van der Waals surface area contributed by atoms with E-state index >= 15 is 0 Å². The number of anilines is 2. The summed E-state index contributed by atoms with van der Waals surface area (Å²) in [5.74, 6) is -0.209. The minimum absolute atomic E-state index is 0.0374. The number of nitrogens with zero attached hydrogens (tertiary/aromatic N) is 4. The number of benzene rings is 1. The molecule has 3 aromatic rings. The third kappa shape index (κ3) is 6.45. The molecule has 1 aromatic carbocycles. The normalized spacial score (nSPS) is 14.5. The van der Waals surface area contributed by atoms with E-state index < -0.39 is 17.9 Å². The van der Waals surface area contributed by atoms with Crippen LogP contribution in [-0.4, -0.2) is 50.5 Å². The van der Waals surface area contributed by atoms with Crippen molar-refractivity contribution in [3.05, 3.63) is 47.2 Å². The highest BCUT2D eigenvalue weighted by Crippen LogP contribution is 2.33. The van der Waals surface area contributed by atoms with Crippen molar-refractivity contribution in [2.45, 2.75) is 53.0 Å². The smallest absolute Gasteiger partial charge is 0.282 e. The van der Waals surface area contributed by atoms with Crippen LogP contribution in [0.1, 0.15) is 57.0 Å². The Labute approximate surface area is 208 Å². The fourth-order valence-electron chi connectivity index (χ4n) is 3.98. The minimum Gasteiger partial charge on any atom is -0.381 e. The maximum absolute atomic E-state index is 14.7. The van der Waals surface area contributed by atoms with Crippen LogP contribution in [0.15, 0.2) is 24.4 Å². The van der Waals surface area contributed by atoms with Gasteiger partial charge in [-0.05, 0) is 30.5 Å². The molecule has 1 saturated heterocycles. The summed E-state index contributed by atoms with van der Waals surface area (Å²) in [6, 6.07) is 4.21. The summed E-state index contributed by atoms with van der Waals surface area (Å²) in [6.45, 7) is 8.49. The molecule has 0 spiro atoms. The SMILES string of the molecule is C1CCOC1.CC.CC(=O)N1CCc2[nH]nc(Nc3ccc(-c4cn(C)nc4C(F)F)cc3F)c2C1. The zero-order valence-corrected chi connectivity index (χ0v) is 21.1. The van der Waals surface area contributed by atoms with Crippen molar-refractivity contribution >= 4 is 17.4 Å². The third-order valence-corrected chi connectivity index (χ3v) is 5.80. The first-order valence-corrected chi connectivity index (χ1v) is 12.1. The summed E-state index contributed by atoms with van der Waals surface area (Å²) in [5.41, 5.74) is 1.97. The summed E-state index contributed by atoms with van der Waals surface area (Å²) in [5, 5.41) is 13.8. The number of fused-ring (bicyclic) bond motifs is 1. The van der Waals surface area contributed by atoms with Gasteiger partial charge in [0.2, 0.25) is 5.91 Å². The predicted molar refractivity (Wildman–Crippen MR) is 132 cm³/mol. The number of carbonyl (C=O) groups excluding carboxylic acids is 1. The van der Waals surface area contributed by atoms with Gasteiger partial charge in [0.1, 0.15) is 11.5 Å². The highest BCUT2D eigenvalue weighted by molar-refractivity contribution is 5.74. The molecule has 8 nitrogen and oxygen atoms in total. The van der Waals surface area contributed by atoms with Crippen molar-refractivity contribution < 1.29 is 22.7 Å². The number of aromatic amines is 1. The number of aryl methyl sites for hydroxylation is 1. The lowest BCUT2D eigenvalue weighted by Gasteiger charge is -2.25. The van der Waals surface area contributed by atoms with E-state index in [1.807, 2.05) is 13.8 Å². The molecule has 5 rings (SSSR count). The van der Waals surface area contributed by atoms with Gasteiger partial charge in [0, 0.05) is 63.2 Å². The summed E-state index contributed by atoms with van der Waals surface area (Å²) in [4.78, 5) is 13.3. The topological polar surface area (TPSA) is 88.1 Å². The van der Waals surface area contributed by atoms with Gasteiger partial charge in [-0.1, -0.05) is 19.9 Å². The summed E-state index contributed by atoms with van der Waals surface area (Å²) in [6.07, 6.45) is 1.87. The zero-order valence-electron chi connectivity index (χ0n) is 21.1. The number of hydrogen-bond acceptors (Lipinski definition) is 5. The number of nitrogens with one attached hydrogen (secondary N) is 2. The zero-order chi connectivity index (χ0) is 26.2. The number of halogens is 3. The van der Waals surface area contributed by atoms with Crippen LogP contribution in [0.3, 0.4) is 0 Å². The van der Waals surface area contributed by atoms with Crippen molar-refractivity contribution in [1.82, 2.24) is 24.9 Å². The van der Waals surface area contributed by atoms with Gasteiger partial charge in [-0.3, -0.25) is 14.6 Å². The summed E-state index contributed by atoms with van der Waals surface area (Å²) in [7, 11) is 1.53. The number of rotatable bonds is 4. The van der Waals surface area contributed by atoms with Crippen molar-refractivity contribution in [2.24, 2.45) is 7.05 Å². The molecule has 1 fully saturated rings. The second-order valence-corrected chi connectivity index (χ2v) is 8.26. The molecule has 2 aliphatic rings. The maximum Gasteiger partial charge on any atom is 0.282 e. The Balaban J connectivity index is 0.000000452. The van der Waals surface area contributed by atoms with Gasteiger partial charge < -0.3 is 15.0 Å². The van der Waals surface area contributed by atoms with E-state index in [-0.39, 0.29) is 17.2 Å². The number of H-pyrrole nitrogens is 1. The third-order valence-electron chi connectivity index (χ3n) is 5.80. The molecule has 11 heteroatoms. The van der Waals surface area contributed by atoms with Crippen molar-refractivity contribution in [3.8, 4) is 11.1 Å². The molecule has 36 heavy (non-hydrogen) atoms. The number of carbonyl (C=O) groups is 1. The lowest BCUT2D eigenvalue weighted by molar-refractivity contribution is -0.129. The molecule has 0 radical (unpaired) electrons. The van der Waals surface area contributed by atoms with Crippen LogP contribution in [0.25, 0.3) is 11.1 Å². The maximum atomic E-state index is 14.7. The monoisotopic (exact) mass is 506 g/mol. The quantitative estimate of drug-likeness (QED) is 0.498. The van der Waals surface area contributed by atoms with E-state index in [2.05, 4.69) is 20.6 Å². The second-order valence-electron chi connectivity index (χ2n) is 8.26. The lowest BCUT2D eigenvalue weighted by atomic mass is 10.1. The van der Waals surface area contributed by atoms with Crippen LogP contribution in [0, 0.1) is 5.82 Å². The van der Waals surface area contributed by atoms with Crippen LogP contribution in [0.2, 0.25) is 0 Å². The van der Waals surface area contributed by atoms with E-state index in [1.165, 1.54) is 49.8 Å². The van der Waals surface area contributed by atoms with Gasteiger partial charge >= 0.3 is 0 Å².